The molecule has 0 aromatic heterocycles. The Morgan fingerprint density at radius 2 is 1.57 bits per heavy atom. The van der Waals surface area contributed by atoms with Gasteiger partial charge in [-0.2, -0.15) is 5.10 Å². The van der Waals surface area contributed by atoms with E-state index in [9.17, 15) is 9.59 Å². The first kappa shape index (κ1) is 22.5. The van der Waals surface area contributed by atoms with Crippen LogP contribution in [-0.2, 0) is 4.79 Å². The Hall–Kier alpha value is -3.75. The Balaban J connectivity index is 1.97. The van der Waals surface area contributed by atoms with Crippen LogP contribution in [-0.4, -0.2) is 52.5 Å². The van der Waals surface area contributed by atoms with Gasteiger partial charge in [-0.15, -0.1) is 0 Å². The fraction of sp³-hybridized carbons (Fsp3) is 0.286. The van der Waals surface area contributed by atoms with Crippen molar-refractivity contribution in [3.05, 3.63) is 47.5 Å². The maximum absolute atomic E-state index is 12.3. The predicted molar refractivity (Wildman–Crippen MR) is 112 cm³/mol. The van der Waals surface area contributed by atoms with E-state index in [1.54, 1.807) is 44.4 Å². The van der Waals surface area contributed by atoms with Crippen LogP contribution in [0.15, 0.2) is 41.5 Å². The van der Waals surface area contributed by atoms with Gasteiger partial charge in [-0.3, -0.25) is 9.59 Å². The molecule has 0 heterocycles. The van der Waals surface area contributed by atoms with Crippen LogP contribution in [0.3, 0.4) is 0 Å². The molecule has 9 heteroatoms. The van der Waals surface area contributed by atoms with Crippen LogP contribution in [0.5, 0.6) is 23.0 Å². The van der Waals surface area contributed by atoms with Gasteiger partial charge < -0.3 is 24.3 Å². The van der Waals surface area contributed by atoms with Crippen LogP contribution in [0.2, 0.25) is 0 Å². The number of rotatable bonds is 9. The van der Waals surface area contributed by atoms with Gasteiger partial charge in [0.05, 0.1) is 40.7 Å². The molecule has 2 N–H and O–H groups in total. The summed E-state index contributed by atoms with van der Waals surface area (Å²) < 4.78 is 20.8. The first-order valence-electron chi connectivity index (χ1n) is 8.99. The quantitative estimate of drug-likeness (QED) is 0.479. The van der Waals surface area contributed by atoms with Gasteiger partial charge in [0, 0.05) is 17.2 Å². The normalized spacial score (nSPS) is 10.8. The maximum atomic E-state index is 12.3. The smallest absolute Gasteiger partial charge is 0.259 e. The van der Waals surface area contributed by atoms with Gasteiger partial charge in [-0.05, 0) is 37.3 Å². The van der Waals surface area contributed by atoms with E-state index in [-0.39, 0.29) is 6.54 Å². The molecule has 0 aliphatic carbocycles. The molecule has 2 aromatic rings. The SMILES string of the molecule is COc1ccc(/C(C)=N/NC(=O)CNC(=O)c2ccc(OC)c(OC)c2)c(OC)c1. The van der Waals surface area contributed by atoms with Crippen LogP contribution in [0.25, 0.3) is 0 Å². The summed E-state index contributed by atoms with van der Waals surface area (Å²) in [5.41, 5.74) is 3.99. The van der Waals surface area contributed by atoms with Crippen molar-refractivity contribution in [2.45, 2.75) is 6.92 Å². The minimum Gasteiger partial charge on any atom is -0.497 e. The molecule has 0 aliphatic rings. The number of carbonyl (C=O) groups excluding carboxylic acids is 2. The summed E-state index contributed by atoms with van der Waals surface area (Å²) in [5.74, 6) is 1.23. The van der Waals surface area contributed by atoms with Crippen molar-refractivity contribution < 1.29 is 28.5 Å². The predicted octanol–water partition coefficient (Wildman–Crippen LogP) is 1.99. The molecular weight excluding hydrogens is 390 g/mol. The summed E-state index contributed by atoms with van der Waals surface area (Å²) in [5, 5.41) is 6.60. The Bertz CT molecular complexity index is 942. The van der Waals surface area contributed by atoms with E-state index in [2.05, 4.69) is 15.8 Å². The minimum atomic E-state index is -0.476. The van der Waals surface area contributed by atoms with Crippen LogP contribution < -0.4 is 29.7 Å². The molecule has 9 nitrogen and oxygen atoms in total. The Labute approximate surface area is 175 Å². The summed E-state index contributed by atoms with van der Waals surface area (Å²) in [6.07, 6.45) is 0. The Kier molecular flexibility index (Phi) is 8.04. The Morgan fingerprint density at radius 1 is 0.867 bits per heavy atom. The highest BCUT2D eigenvalue weighted by atomic mass is 16.5. The number of benzene rings is 2. The third kappa shape index (κ3) is 5.63. The highest BCUT2D eigenvalue weighted by Gasteiger charge is 2.12. The number of ether oxygens (including phenoxy) is 4. The lowest BCUT2D eigenvalue weighted by Crippen LogP contribution is -2.35. The van der Waals surface area contributed by atoms with Crippen LogP contribution >= 0.6 is 0 Å². The van der Waals surface area contributed by atoms with Gasteiger partial charge >= 0.3 is 0 Å². The first-order chi connectivity index (χ1) is 14.4. The van der Waals surface area contributed by atoms with Crippen molar-refractivity contribution in [2.75, 3.05) is 35.0 Å². The highest BCUT2D eigenvalue weighted by molar-refractivity contribution is 6.02. The number of methoxy groups -OCH3 is 4. The molecule has 2 amide bonds. The van der Waals surface area contributed by atoms with E-state index < -0.39 is 11.8 Å². The highest BCUT2D eigenvalue weighted by Crippen LogP contribution is 2.27. The van der Waals surface area contributed by atoms with Gasteiger partial charge in [-0.25, -0.2) is 5.43 Å². The number of hydrazone groups is 1. The van der Waals surface area contributed by atoms with Crippen LogP contribution in [0.1, 0.15) is 22.8 Å². The molecule has 0 aliphatic heterocycles. The third-order valence-electron chi connectivity index (χ3n) is 4.20. The van der Waals surface area contributed by atoms with Crippen molar-refractivity contribution in [1.82, 2.24) is 10.7 Å². The molecule has 0 fully saturated rings. The van der Waals surface area contributed by atoms with E-state index in [1.807, 2.05) is 0 Å². The maximum Gasteiger partial charge on any atom is 0.259 e. The third-order valence-corrected chi connectivity index (χ3v) is 4.20. The molecule has 30 heavy (non-hydrogen) atoms. The zero-order chi connectivity index (χ0) is 22.1. The Morgan fingerprint density at radius 3 is 2.20 bits per heavy atom. The van der Waals surface area contributed by atoms with E-state index in [4.69, 9.17) is 18.9 Å². The second kappa shape index (κ2) is 10.7. The number of hydrogen-bond acceptors (Lipinski definition) is 7. The molecule has 0 bridgehead atoms. The van der Waals surface area contributed by atoms with E-state index in [0.717, 1.165) is 0 Å². The average molecular weight is 415 g/mol. The molecule has 0 saturated carbocycles. The monoisotopic (exact) mass is 415 g/mol. The van der Waals surface area contributed by atoms with E-state index in [0.29, 0.717) is 39.8 Å². The fourth-order valence-corrected chi connectivity index (χ4v) is 2.58. The lowest BCUT2D eigenvalue weighted by molar-refractivity contribution is -0.120. The minimum absolute atomic E-state index is 0.246. The lowest BCUT2D eigenvalue weighted by atomic mass is 10.1. The molecule has 0 spiro atoms. The van der Waals surface area contributed by atoms with Gasteiger partial charge in [0.1, 0.15) is 11.5 Å². The van der Waals surface area contributed by atoms with E-state index in [1.165, 1.54) is 27.4 Å². The van der Waals surface area contributed by atoms with Gasteiger partial charge in [-0.1, -0.05) is 0 Å². The van der Waals surface area contributed by atoms with Crippen molar-refractivity contribution in [1.29, 1.82) is 0 Å². The van der Waals surface area contributed by atoms with Crippen LogP contribution in [0.4, 0.5) is 0 Å². The molecule has 2 aromatic carbocycles. The van der Waals surface area contributed by atoms with Crippen molar-refractivity contribution in [3.8, 4) is 23.0 Å². The molecule has 0 unspecified atom stereocenters. The zero-order valence-corrected chi connectivity index (χ0v) is 17.6. The van der Waals surface area contributed by atoms with Gasteiger partial charge in [0.25, 0.3) is 11.8 Å². The molecule has 0 radical (unpaired) electrons. The number of nitrogens with one attached hydrogen (secondary N) is 2. The zero-order valence-electron chi connectivity index (χ0n) is 17.6. The van der Waals surface area contributed by atoms with E-state index >= 15 is 0 Å². The largest absolute Gasteiger partial charge is 0.497 e. The summed E-state index contributed by atoms with van der Waals surface area (Å²) in [7, 11) is 6.08. The molecule has 0 atom stereocenters. The van der Waals surface area contributed by atoms with Gasteiger partial charge in [0.2, 0.25) is 0 Å². The molecule has 0 saturated heterocycles. The number of hydrogen-bond donors (Lipinski definition) is 2. The summed E-state index contributed by atoms with van der Waals surface area (Å²) in [4.78, 5) is 24.3. The average Bonchev–Trinajstić information content (AvgIpc) is 2.79. The number of carbonyl (C=O) groups is 2. The number of amides is 2. The van der Waals surface area contributed by atoms with Crippen molar-refractivity contribution in [3.63, 3.8) is 0 Å². The number of nitrogens with zero attached hydrogens (tertiary/aromatic N) is 1. The standard InChI is InChI=1S/C21H25N3O6/c1-13(16-8-7-15(27-2)11-18(16)29-4)23-24-20(25)12-22-21(26)14-6-9-17(28-3)19(10-14)30-5/h6-11H,12H2,1-5H3,(H,22,26)(H,24,25)/b23-13+. The van der Waals surface area contributed by atoms with Gasteiger partial charge in [0.15, 0.2) is 11.5 Å². The van der Waals surface area contributed by atoms with Crippen molar-refractivity contribution in [2.24, 2.45) is 5.10 Å². The molecule has 2 rings (SSSR count). The second-order valence-corrected chi connectivity index (χ2v) is 6.05. The topological polar surface area (TPSA) is 107 Å². The fourth-order valence-electron chi connectivity index (χ4n) is 2.58. The summed E-state index contributed by atoms with van der Waals surface area (Å²) >= 11 is 0. The molecular formula is C21H25N3O6. The summed E-state index contributed by atoms with van der Waals surface area (Å²) in [6.45, 7) is 1.48. The summed E-state index contributed by atoms with van der Waals surface area (Å²) in [6, 6.07) is 9.99. The molecule has 160 valence electrons. The van der Waals surface area contributed by atoms with Crippen LogP contribution in [0, 0.1) is 0 Å². The first-order valence-corrected chi connectivity index (χ1v) is 8.99. The second-order valence-electron chi connectivity index (χ2n) is 6.05. The van der Waals surface area contributed by atoms with Crippen molar-refractivity contribution >= 4 is 17.5 Å². The lowest BCUT2D eigenvalue weighted by Gasteiger charge is -2.11.